The lowest BCUT2D eigenvalue weighted by atomic mass is 10.0. The van der Waals surface area contributed by atoms with E-state index >= 15 is 0 Å². The van der Waals surface area contributed by atoms with E-state index < -0.39 is 0 Å². The summed E-state index contributed by atoms with van der Waals surface area (Å²) in [4.78, 5) is 0. The van der Waals surface area contributed by atoms with Gasteiger partial charge in [-0.15, -0.1) is 0 Å². The van der Waals surface area contributed by atoms with E-state index in [0.717, 1.165) is 18.7 Å². The summed E-state index contributed by atoms with van der Waals surface area (Å²) in [5.41, 5.74) is 2.59. The third-order valence-corrected chi connectivity index (χ3v) is 3.58. The normalized spacial score (nSPS) is 19.1. The van der Waals surface area contributed by atoms with Crippen LogP contribution in [0.25, 0.3) is 0 Å². The SMILES string of the molecule is Cc1cccc(CNC(C)(C)C)c1OC1C=CCCC1. The first-order valence-corrected chi connectivity index (χ1v) is 7.62. The van der Waals surface area contributed by atoms with Crippen LogP contribution in [-0.2, 0) is 6.54 Å². The summed E-state index contributed by atoms with van der Waals surface area (Å²) in [6.07, 6.45) is 8.21. The molecular weight excluding hydrogens is 246 g/mol. The number of ether oxygens (including phenoxy) is 1. The highest BCUT2D eigenvalue weighted by atomic mass is 16.5. The van der Waals surface area contributed by atoms with E-state index in [1.54, 1.807) is 0 Å². The molecule has 2 nitrogen and oxygen atoms in total. The minimum Gasteiger partial charge on any atom is -0.486 e. The third-order valence-electron chi connectivity index (χ3n) is 3.58. The van der Waals surface area contributed by atoms with Crippen LogP contribution in [0.2, 0.25) is 0 Å². The van der Waals surface area contributed by atoms with Gasteiger partial charge in [0.15, 0.2) is 0 Å². The summed E-state index contributed by atoms with van der Waals surface area (Å²) in [6, 6.07) is 6.40. The van der Waals surface area contributed by atoms with Gasteiger partial charge < -0.3 is 10.1 Å². The van der Waals surface area contributed by atoms with Crippen molar-refractivity contribution in [2.45, 2.75) is 65.1 Å². The number of allylic oxidation sites excluding steroid dienone is 1. The molecule has 0 saturated heterocycles. The molecule has 1 aromatic carbocycles. The Bertz CT molecular complexity index is 471. The first-order valence-electron chi connectivity index (χ1n) is 7.62. The summed E-state index contributed by atoms with van der Waals surface area (Å²) in [7, 11) is 0. The summed E-state index contributed by atoms with van der Waals surface area (Å²) < 4.78 is 6.26. The zero-order chi connectivity index (χ0) is 14.6. The molecular formula is C18H27NO. The van der Waals surface area contributed by atoms with Crippen LogP contribution in [0.4, 0.5) is 0 Å². The van der Waals surface area contributed by atoms with Gasteiger partial charge in [-0.2, -0.15) is 0 Å². The maximum atomic E-state index is 6.26. The Morgan fingerprint density at radius 3 is 2.75 bits per heavy atom. The average molecular weight is 273 g/mol. The van der Waals surface area contributed by atoms with Gasteiger partial charge in [-0.05, 0) is 58.6 Å². The zero-order valence-electron chi connectivity index (χ0n) is 13.2. The molecule has 0 saturated carbocycles. The quantitative estimate of drug-likeness (QED) is 0.822. The summed E-state index contributed by atoms with van der Waals surface area (Å²) in [5, 5.41) is 3.55. The lowest BCUT2D eigenvalue weighted by molar-refractivity contribution is 0.225. The molecule has 0 radical (unpaired) electrons. The van der Waals surface area contributed by atoms with Gasteiger partial charge in [0.25, 0.3) is 0 Å². The lowest BCUT2D eigenvalue weighted by Crippen LogP contribution is -2.35. The molecule has 0 amide bonds. The predicted octanol–water partition coefficient (Wildman–Crippen LogP) is 4.37. The first-order chi connectivity index (χ1) is 9.46. The van der Waals surface area contributed by atoms with Gasteiger partial charge in [-0.1, -0.05) is 24.3 Å². The standard InChI is InChI=1S/C18H27NO/c1-14-9-8-10-15(13-19-18(2,3)4)17(14)20-16-11-6-5-7-12-16/h6,8-11,16,19H,5,7,12-13H2,1-4H3. The number of para-hydroxylation sites is 1. The van der Waals surface area contributed by atoms with E-state index in [2.05, 4.69) is 63.4 Å². The highest BCUT2D eigenvalue weighted by Gasteiger charge is 2.16. The predicted molar refractivity (Wildman–Crippen MR) is 85.2 cm³/mol. The lowest BCUT2D eigenvalue weighted by Gasteiger charge is -2.25. The van der Waals surface area contributed by atoms with Crippen molar-refractivity contribution in [1.82, 2.24) is 5.32 Å². The van der Waals surface area contributed by atoms with Crippen LogP contribution in [0.1, 0.15) is 51.2 Å². The van der Waals surface area contributed by atoms with Crippen LogP contribution in [0.15, 0.2) is 30.4 Å². The Hall–Kier alpha value is -1.28. The van der Waals surface area contributed by atoms with Gasteiger partial charge in [0.2, 0.25) is 0 Å². The topological polar surface area (TPSA) is 21.3 Å². The van der Waals surface area contributed by atoms with Crippen molar-refractivity contribution in [3.63, 3.8) is 0 Å². The molecule has 0 fully saturated rings. The van der Waals surface area contributed by atoms with Gasteiger partial charge in [0, 0.05) is 17.6 Å². The van der Waals surface area contributed by atoms with Crippen molar-refractivity contribution in [3.05, 3.63) is 41.5 Å². The van der Waals surface area contributed by atoms with Crippen molar-refractivity contribution in [2.75, 3.05) is 0 Å². The molecule has 1 aliphatic carbocycles. The number of benzene rings is 1. The number of hydrogen-bond donors (Lipinski definition) is 1. The largest absolute Gasteiger partial charge is 0.486 e. The van der Waals surface area contributed by atoms with Crippen LogP contribution in [0.3, 0.4) is 0 Å². The van der Waals surface area contributed by atoms with E-state index in [-0.39, 0.29) is 11.6 Å². The van der Waals surface area contributed by atoms with Crippen LogP contribution in [0.5, 0.6) is 5.75 Å². The van der Waals surface area contributed by atoms with Gasteiger partial charge >= 0.3 is 0 Å². The molecule has 0 aliphatic heterocycles. The fourth-order valence-corrected chi connectivity index (χ4v) is 2.41. The minimum absolute atomic E-state index is 0.117. The smallest absolute Gasteiger partial charge is 0.127 e. The number of nitrogens with one attached hydrogen (secondary N) is 1. The Balaban J connectivity index is 2.13. The van der Waals surface area contributed by atoms with Crippen LogP contribution in [0, 0.1) is 6.92 Å². The van der Waals surface area contributed by atoms with Gasteiger partial charge in [-0.25, -0.2) is 0 Å². The Morgan fingerprint density at radius 1 is 1.30 bits per heavy atom. The van der Waals surface area contributed by atoms with Crippen LogP contribution in [-0.4, -0.2) is 11.6 Å². The van der Waals surface area contributed by atoms with Gasteiger partial charge in [0.1, 0.15) is 11.9 Å². The number of rotatable bonds is 4. The molecule has 2 rings (SSSR count). The van der Waals surface area contributed by atoms with Gasteiger partial charge in [0.05, 0.1) is 0 Å². The Labute approximate surface area is 123 Å². The molecule has 1 unspecified atom stereocenters. The molecule has 0 heterocycles. The van der Waals surface area contributed by atoms with Crippen molar-refractivity contribution in [1.29, 1.82) is 0 Å². The number of hydrogen-bond acceptors (Lipinski definition) is 2. The second-order valence-corrected chi connectivity index (χ2v) is 6.68. The van der Waals surface area contributed by atoms with Gasteiger partial charge in [-0.3, -0.25) is 0 Å². The fraction of sp³-hybridized carbons (Fsp3) is 0.556. The van der Waals surface area contributed by atoms with Crippen molar-refractivity contribution in [3.8, 4) is 5.75 Å². The maximum Gasteiger partial charge on any atom is 0.127 e. The molecule has 1 aromatic rings. The highest BCUT2D eigenvalue weighted by molar-refractivity contribution is 5.41. The van der Waals surface area contributed by atoms with Crippen molar-refractivity contribution < 1.29 is 4.74 Å². The second-order valence-electron chi connectivity index (χ2n) is 6.68. The van der Waals surface area contributed by atoms with E-state index in [9.17, 15) is 0 Å². The molecule has 1 aliphatic rings. The summed E-state index contributed by atoms with van der Waals surface area (Å²) in [5.74, 6) is 1.06. The molecule has 1 N–H and O–H groups in total. The fourth-order valence-electron chi connectivity index (χ4n) is 2.41. The molecule has 2 heteroatoms. The van der Waals surface area contributed by atoms with Crippen LogP contribution < -0.4 is 10.1 Å². The van der Waals surface area contributed by atoms with Crippen molar-refractivity contribution in [2.24, 2.45) is 0 Å². The Morgan fingerprint density at radius 2 is 2.10 bits per heavy atom. The van der Waals surface area contributed by atoms with E-state index in [4.69, 9.17) is 4.74 Å². The molecule has 1 atom stereocenters. The van der Waals surface area contributed by atoms with Crippen LogP contribution >= 0.6 is 0 Å². The minimum atomic E-state index is 0.117. The zero-order valence-corrected chi connectivity index (χ0v) is 13.2. The average Bonchev–Trinajstić information content (AvgIpc) is 2.40. The Kier molecular flexibility index (Phi) is 4.87. The molecule has 110 valence electrons. The molecule has 0 spiro atoms. The summed E-state index contributed by atoms with van der Waals surface area (Å²) in [6.45, 7) is 9.53. The molecule has 0 aromatic heterocycles. The third kappa shape index (κ3) is 4.38. The van der Waals surface area contributed by atoms with Crippen molar-refractivity contribution >= 4 is 0 Å². The number of aryl methyl sites for hydroxylation is 1. The second kappa shape index (κ2) is 6.45. The van der Waals surface area contributed by atoms with E-state index in [1.165, 1.54) is 24.0 Å². The monoisotopic (exact) mass is 273 g/mol. The van der Waals surface area contributed by atoms with E-state index in [1.807, 2.05) is 0 Å². The maximum absolute atomic E-state index is 6.26. The molecule has 0 bridgehead atoms. The molecule has 20 heavy (non-hydrogen) atoms. The highest BCUT2D eigenvalue weighted by Crippen LogP contribution is 2.27. The summed E-state index contributed by atoms with van der Waals surface area (Å²) >= 11 is 0. The van der Waals surface area contributed by atoms with E-state index in [0.29, 0.717) is 0 Å². The first kappa shape index (κ1) is 15.1.